The molecule has 1 aromatic heterocycles. The third-order valence-electron chi connectivity index (χ3n) is 2.35. The molecule has 0 fully saturated rings. The molecule has 0 aliphatic carbocycles. The Balaban J connectivity index is 2.01. The van der Waals surface area contributed by atoms with E-state index in [0.717, 1.165) is 5.82 Å². The Labute approximate surface area is 98.1 Å². The highest BCUT2D eigenvalue weighted by Gasteiger charge is 2.05. The van der Waals surface area contributed by atoms with Gasteiger partial charge in [0.1, 0.15) is 18.2 Å². The Morgan fingerprint density at radius 3 is 3.00 bits per heavy atom. The molecule has 0 aliphatic rings. The molecule has 1 aromatic carbocycles. The predicted molar refractivity (Wildman–Crippen MR) is 62.0 cm³/mol. The molecule has 1 N–H and O–H groups in total. The highest BCUT2D eigenvalue weighted by Crippen LogP contribution is 2.09. The average molecular weight is 233 g/mol. The number of imidazole rings is 1. The van der Waals surface area contributed by atoms with Crippen LogP contribution >= 0.6 is 0 Å². The molecule has 0 saturated heterocycles. The van der Waals surface area contributed by atoms with E-state index in [2.05, 4.69) is 10.3 Å². The molecule has 0 saturated carbocycles. The minimum Gasteiger partial charge on any atom is -0.326 e. The first-order valence-corrected chi connectivity index (χ1v) is 5.18. The lowest BCUT2D eigenvalue weighted by atomic mass is 10.3. The first kappa shape index (κ1) is 11.3. The number of aryl methyl sites for hydroxylation is 1. The number of carbonyl (C=O) groups is 1. The van der Waals surface area contributed by atoms with Gasteiger partial charge in [0.15, 0.2) is 0 Å². The van der Waals surface area contributed by atoms with Crippen molar-refractivity contribution in [3.63, 3.8) is 0 Å². The van der Waals surface area contributed by atoms with E-state index in [0.29, 0.717) is 5.69 Å². The molecule has 88 valence electrons. The number of hydrogen-bond acceptors (Lipinski definition) is 2. The van der Waals surface area contributed by atoms with Crippen LogP contribution in [-0.2, 0) is 11.3 Å². The number of hydrogen-bond donors (Lipinski definition) is 1. The molecule has 5 heteroatoms. The number of halogens is 1. The monoisotopic (exact) mass is 233 g/mol. The number of carbonyl (C=O) groups excluding carboxylic acids is 1. The van der Waals surface area contributed by atoms with E-state index in [-0.39, 0.29) is 18.3 Å². The van der Waals surface area contributed by atoms with Crippen molar-refractivity contribution in [3.05, 3.63) is 48.3 Å². The molecular weight excluding hydrogens is 221 g/mol. The molecule has 0 bridgehead atoms. The second-order valence-corrected chi connectivity index (χ2v) is 3.66. The highest BCUT2D eigenvalue weighted by molar-refractivity contribution is 5.90. The molecule has 17 heavy (non-hydrogen) atoms. The minimum atomic E-state index is -0.374. The third kappa shape index (κ3) is 2.90. The van der Waals surface area contributed by atoms with Crippen LogP contribution in [0, 0.1) is 12.7 Å². The van der Waals surface area contributed by atoms with Gasteiger partial charge in [0, 0.05) is 18.1 Å². The van der Waals surface area contributed by atoms with Crippen molar-refractivity contribution in [2.24, 2.45) is 0 Å². The quantitative estimate of drug-likeness (QED) is 0.881. The topological polar surface area (TPSA) is 46.9 Å². The van der Waals surface area contributed by atoms with Crippen LogP contribution in [0.1, 0.15) is 5.82 Å². The van der Waals surface area contributed by atoms with Crippen molar-refractivity contribution in [1.29, 1.82) is 0 Å². The van der Waals surface area contributed by atoms with Gasteiger partial charge in [-0.2, -0.15) is 0 Å². The zero-order valence-corrected chi connectivity index (χ0v) is 9.35. The van der Waals surface area contributed by atoms with Crippen molar-refractivity contribution in [2.75, 3.05) is 5.32 Å². The molecule has 1 heterocycles. The van der Waals surface area contributed by atoms with Gasteiger partial charge in [0.2, 0.25) is 5.91 Å². The van der Waals surface area contributed by atoms with Crippen molar-refractivity contribution in [3.8, 4) is 0 Å². The molecule has 0 unspecified atom stereocenters. The van der Waals surface area contributed by atoms with Crippen LogP contribution in [-0.4, -0.2) is 15.5 Å². The highest BCUT2D eigenvalue weighted by atomic mass is 19.1. The van der Waals surface area contributed by atoms with E-state index >= 15 is 0 Å². The van der Waals surface area contributed by atoms with Gasteiger partial charge in [-0.05, 0) is 25.1 Å². The fraction of sp³-hybridized carbons (Fsp3) is 0.167. The van der Waals surface area contributed by atoms with E-state index in [9.17, 15) is 9.18 Å². The Morgan fingerprint density at radius 2 is 2.35 bits per heavy atom. The van der Waals surface area contributed by atoms with Gasteiger partial charge in [-0.15, -0.1) is 0 Å². The van der Waals surface area contributed by atoms with Gasteiger partial charge in [-0.3, -0.25) is 4.79 Å². The average Bonchev–Trinajstić information content (AvgIpc) is 2.64. The zero-order valence-electron chi connectivity index (χ0n) is 9.35. The number of aromatic nitrogens is 2. The molecule has 4 nitrogen and oxygen atoms in total. The van der Waals surface area contributed by atoms with Gasteiger partial charge >= 0.3 is 0 Å². The van der Waals surface area contributed by atoms with Crippen LogP contribution in [0.5, 0.6) is 0 Å². The van der Waals surface area contributed by atoms with Gasteiger partial charge in [0.05, 0.1) is 0 Å². The van der Waals surface area contributed by atoms with Crippen LogP contribution in [0.3, 0.4) is 0 Å². The maximum absolute atomic E-state index is 12.9. The van der Waals surface area contributed by atoms with E-state index in [1.807, 2.05) is 6.92 Å². The molecule has 0 aliphatic heterocycles. The number of nitrogens with one attached hydrogen (secondary N) is 1. The summed E-state index contributed by atoms with van der Waals surface area (Å²) >= 11 is 0. The summed E-state index contributed by atoms with van der Waals surface area (Å²) in [6, 6.07) is 5.80. The Kier molecular flexibility index (Phi) is 3.18. The van der Waals surface area contributed by atoms with E-state index in [1.165, 1.54) is 12.1 Å². The van der Waals surface area contributed by atoms with E-state index < -0.39 is 0 Å². The van der Waals surface area contributed by atoms with E-state index in [4.69, 9.17) is 0 Å². The molecular formula is C12H12FN3O. The summed E-state index contributed by atoms with van der Waals surface area (Å²) in [5.41, 5.74) is 0.452. The lowest BCUT2D eigenvalue weighted by Gasteiger charge is -2.07. The molecule has 2 rings (SSSR count). The zero-order chi connectivity index (χ0) is 12.3. The first-order chi connectivity index (χ1) is 8.15. The second-order valence-electron chi connectivity index (χ2n) is 3.66. The third-order valence-corrected chi connectivity index (χ3v) is 2.35. The smallest absolute Gasteiger partial charge is 0.244 e. The second kappa shape index (κ2) is 4.78. The van der Waals surface area contributed by atoms with Gasteiger partial charge in [-0.25, -0.2) is 9.37 Å². The lowest BCUT2D eigenvalue weighted by Crippen LogP contribution is -2.19. The summed E-state index contributed by atoms with van der Waals surface area (Å²) in [5, 5.41) is 2.62. The van der Waals surface area contributed by atoms with Crippen molar-refractivity contribution >= 4 is 11.6 Å². The van der Waals surface area contributed by atoms with Gasteiger partial charge in [0.25, 0.3) is 0 Å². The fourth-order valence-corrected chi connectivity index (χ4v) is 1.49. The van der Waals surface area contributed by atoms with Crippen molar-refractivity contribution in [2.45, 2.75) is 13.5 Å². The van der Waals surface area contributed by atoms with Crippen LogP contribution in [0.2, 0.25) is 0 Å². The lowest BCUT2D eigenvalue weighted by molar-refractivity contribution is -0.116. The molecule has 0 atom stereocenters. The molecule has 0 radical (unpaired) electrons. The Morgan fingerprint density at radius 1 is 1.53 bits per heavy atom. The molecule has 0 spiro atoms. The summed E-state index contributed by atoms with van der Waals surface area (Å²) in [5.74, 6) is 0.178. The van der Waals surface area contributed by atoms with Crippen LogP contribution < -0.4 is 5.32 Å². The maximum Gasteiger partial charge on any atom is 0.244 e. The molecule has 1 amide bonds. The number of rotatable bonds is 3. The number of benzene rings is 1. The number of anilines is 1. The van der Waals surface area contributed by atoms with Crippen molar-refractivity contribution in [1.82, 2.24) is 9.55 Å². The van der Waals surface area contributed by atoms with Gasteiger partial charge in [-0.1, -0.05) is 6.07 Å². The van der Waals surface area contributed by atoms with Crippen molar-refractivity contribution < 1.29 is 9.18 Å². The largest absolute Gasteiger partial charge is 0.326 e. The Hall–Kier alpha value is -2.17. The first-order valence-electron chi connectivity index (χ1n) is 5.18. The minimum absolute atomic E-state index is 0.169. The number of amides is 1. The maximum atomic E-state index is 12.9. The Bertz CT molecular complexity index is 536. The fourth-order valence-electron chi connectivity index (χ4n) is 1.49. The standard InChI is InChI=1S/C12H12FN3O/c1-9-14-5-6-16(9)8-12(17)15-11-4-2-3-10(13)7-11/h2-7H,8H2,1H3,(H,15,17). The summed E-state index contributed by atoms with van der Waals surface area (Å²) in [7, 11) is 0. The normalized spacial score (nSPS) is 10.2. The van der Waals surface area contributed by atoms with Crippen LogP contribution in [0.4, 0.5) is 10.1 Å². The predicted octanol–water partition coefficient (Wildman–Crippen LogP) is 1.97. The summed E-state index contributed by atoms with van der Waals surface area (Å²) in [4.78, 5) is 15.7. The summed E-state index contributed by atoms with van der Waals surface area (Å²) in [6.45, 7) is 1.98. The number of nitrogens with zero attached hydrogens (tertiary/aromatic N) is 2. The van der Waals surface area contributed by atoms with Gasteiger partial charge < -0.3 is 9.88 Å². The molecule has 2 aromatic rings. The summed E-state index contributed by atoms with van der Waals surface area (Å²) in [6.07, 6.45) is 3.35. The summed E-state index contributed by atoms with van der Waals surface area (Å²) < 4.78 is 14.6. The SMILES string of the molecule is Cc1nccn1CC(=O)Nc1cccc(F)c1. The van der Waals surface area contributed by atoms with E-state index in [1.54, 1.807) is 29.1 Å². The van der Waals surface area contributed by atoms with Crippen LogP contribution in [0.15, 0.2) is 36.7 Å². The van der Waals surface area contributed by atoms with Crippen LogP contribution in [0.25, 0.3) is 0 Å².